The van der Waals surface area contributed by atoms with Crippen molar-refractivity contribution in [2.45, 2.75) is 6.18 Å². The average molecular weight is 374 g/mol. The van der Waals surface area contributed by atoms with Crippen molar-refractivity contribution in [3.63, 3.8) is 0 Å². The van der Waals surface area contributed by atoms with Gasteiger partial charge in [0.05, 0.1) is 5.69 Å². The molecule has 0 fully saturated rings. The summed E-state index contributed by atoms with van der Waals surface area (Å²) in [6.45, 7) is 0. The Kier molecular flexibility index (Phi) is 4.89. The van der Waals surface area contributed by atoms with Gasteiger partial charge in [0.15, 0.2) is 11.5 Å². The Morgan fingerprint density at radius 3 is 2.07 bits per heavy atom. The molecule has 0 saturated carbocycles. The monoisotopic (exact) mass is 374 g/mol. The molecule has 3 aromatic rings. The third kappa shape index (κ3) is 3.79. The summed E-state index contributed by atoms with van der Waals surface area (Å²) in [4.78, 5) is 13.9. The summed E-state index contributed by atoms with van der Waals surface area (Å²) in [5.74, 6) is -0.632. The van der Waals surface area contributed by atoms with Crippen molar-refractivity contribution in [2.24, 2.45) is 0 Å². The molecule has 0 aliphatic carbocycles. The minimum atomic E-state index is -4.73. The van der Waals surface area contributed by atoms with Gasteiger partial charge in [-0.3, -0.25) is 4.79 Å². The van der Waals surface area contributed by atoms with Crippen LogP contribution in [0.25, 0.3) is 5.69 Å². The van der Waals surface area contributed by atoms with Crippen LogP contribution >= 0.6 is 0 Å². The maximum absolute atomic E-state index is 13.9. The van der Waals surface area contributed by atoms with E-state index in [4.69, 9.17) is 0 Å². The lowest BCUT2D eigenvalue weighted by Gasteiger charge is -2.15. The fraction of sp³-hybridized carbons (Fsp3) is 0.158. The normalized spacial score (nSPS) is 11.3. The number of hydrogen-bond donors (Lipinski definition) is 1. The van der Waals surface area contributed by atoms with E-state index >= 15 is 0 Å². The second-order valence-corrected chi connectivity index (χ2v) is 6.01. The Morgan fingerprint density at radius 1 is 1.00 bits per heavy atom. The predicted octanol–water partition coefficient (Wildman–Crippen LogP) is 4.21. The quantitative estimate of drug-likeness (QED) is 0.744. The Morgan fingerprint density at radius 2 is 1.56 bits per heavy atom. The molecule has 140 valence electrons. The summed E-state index contributed by atoms with van der Waals surface area (Å²) in [5, 5.41) is 6.49. The zero-order valence-corrected chi connectivity index (χ0v) is 14.7. The van der Waals surface area contributed by atoms with Crippen LogP contribution < -0.4 is 10.2 Å². The number of carbonyl (C=O) groups excluding carboxylic acids is 1. The highest BCUT2D eigenvalue weighted by atomic mass is 19.4. The van der Waals surface area contributed by atoms with Crippen LogP contribution in [0.5, 0.6) is 0 Å². The van der Waals surface area contributed by atoms with Crippen LogP contribution in [0.4, 0.5) is 24.7 Å². The van der Waals surface area contributed by atoms with Gasteiger partial charge >= 0.3 is 6.18 Å². The molecule has 0 spiro atoms. The fourth-order valence-corrected chi connectivity index (χ4v) is 2.63. The highest BCUT2D eigenvalue weighted by molar-refractivity contribution is 6.06. The summed E-state index contributed by atoms with van der Waals surface area (Å²) in [6, 6.07) is 16.0. The standard InChI is InChI=1S/C19H17F3N4O/c1-25(2)17-15(23-18(27)13-9-5-3-6-10-13)16(19(20,21)22)26(24-17)14-11-7-4-8-12-14/h3-12H,1-2H3,(H,23,27). The third-order valence-corrected chi connectivity index (χ3v) is 3.83. The van der Waals surface area contributed by atoms with E-state index in [0.717, 1.165) is 4.68 Å². The van der Waals surface area contributed by atoms with Crippen LogP contribution in [0.2, 0.25) is 0 Å². The smallest absolute Gasteiger partial charge is 0.360 e. The lowest BCUT2D eigenvalue weighted by Crippen LogP contribution is -2.20. The van der Waals surface area contributed by atoms with Crippen LogP contribution in [0, 0.1) is 0 Å². The van der Waals surface area contributed by atoms with Gasteiger partial charge in [0, 0.05) is 19.7 Å². The molecule has 5 nitrogen and oxygen atoms in total. The van der Waals surface area contributed by atoms with Crippen molar-refractivity contribution in [2.75, 3.05) is 24.3 Å². The van der Waals surface area contributed by atoms with Crippen LogP contribution in [-0.2, 0) is 6.18 Å². The molecule has 1 N–H and O–H groups in total. The van der Waals surface area contributed by atoms with Crippen molar-refractivity contribution in [1.29, 1.82) is 0 Å². The molecule has 1 heterocycles. The lowest BCUT2D eigenvalue weighted by atomic mass is 10.2. The maximum atomic E-state index is 13.9. The van der Waals surface area contributed by atoms with Crippen LogP contribution in [0.15, 0.2) is 60.7 Å². The van der Waals surface area contributed by atoms with Crippen LogP contribution in [0.3, 0.4) is 0 Å². The first-order valence-electron chi connectivity index (χ1n) is 8.08. The van der Waals surface area contributed by atoms with Crippen molar-refractivity contribution >= 4 is 17.4 Å². The number of nitrogens with one attached hydrogen (secondary N) is 1. The first-order valence-corrected chi connectivity index (χ1v) is 8.08. The molecule has 1 amide bonds. The van der Waals surface area contributed by atoms with Gasteiger partial charge in [-0.1, -0.05) is 36.4 Å². The second-order valence-electron chi connectivity index (χ2n) is 6.01. The molecule has 3 rings (SSSR count). The number of para-hydroxylation sites is 1. The number of alkyl halides is 3. The topological polar surface area (TPSA) is 50.2 Å². The number of benzene rings is 2. The Balaban J connectivity index is 2.16. The fourth-order valence-electron chi connectivity index (χ4n) is 2.63. The number of rotatable bonds is 4. The highest BCUT2D eigenvalue weighted by Gasteiger charge is 2.41. The van der Waals surface area contributed by atoms with E-state index in [9.17, 15) is 18.0 Å². The number of halogens is 3. The first-order chi connectivity index (χ1) is 12.8. The molecule has 0 radical (unpaired) electrons. The molecular weight excluding hydrogens is 357 g/mol. The minimum absolute atomic E-state index is 0.00968. The summed E-state index contributed by atoms with van der Waals surface area (Å²) in [5.41, 5.74) is -0.928. The number of carbonyl (C=O) groups is 1. The Labute approximate surface area is 154 Å². The number of anilines is 2. The highest BCUT2D eigenvalue weighted by Crippen LogP contribution is 2.41. The average Bonchev–Trinajstić information content (AvgIpc) is 3.03. The molecule has 0 aliphatic heterocycles. The molecule has 27 heavy (non-hydrogen) atoms. The molecule has 0 unspecified atom stereocenters. The molecule has 8 heteroatoms. The number of aromatic nitrogens is 2. The van der Waals surface area contributed by atoms with Crippen molar-refractivity contribution in [1.82, 2.24) is 9.78 Å². The van der Waals surface area contributed by atoms with E-state index in [0.29, 0.717) is 0 Å². The van der Waals surface area contributed by atoms with E-state index in [-0.39, 0.29) is 22.8 Å². The largest absolute Gasteiger partial charge is 0.435 e. The van der Waals surface area contributed by atoms with E-state index in [1.54, 1.807) is 50.5 Å². The summed E-state index contributed by atoms with van der Waals surface area (Å²) >= 11 is 0. The van der Waals surface area contributed by atoms with Crippen LogP contribution in [0.1, 0.15) is 16.1 Å². The molecule has 0 aliphatic rings. The first kappa shape index (κ1) is 18.5. The van der Waals surface area contributed by atoms with E-state index < -0.39 is 17.8 Å². The zero-order chi connectivity index (χ0) is 19.6. The second kappa shape index (κ2) is 7.14. The van der Waals surface area contributed by atoms with Gasteiger partial charge in [-0.2, -0.15) is 13.2 Å². The zero-order valence-electron chi connectivity index (χ0n) is 14.7. The number of hydrogen-bond acceptors (Lipinski definition) is 3. The molecular formula is C19H17F3N4O. The summed E-state index contributed by atoms with van der Waals surface area (Å²) in [7, 11) is 3.13. The Hall–Kier alpha value is -3.29. The van der Waals surface area contributed by atoms with Gasteiger partial charge in [0.2, 0.25) is 0 Å². The SMILES string of the molecule is CN(C)c1nn(-c2ccccc2)c(C(F)(F)F)c1NC(=O)c1ccccc1. The van der Waals surface area contributed by atoms with E-state index in [2.05, 4.69) is 10.4 Å². The van der Waals surface area contributed by atoms with Gasteiger partial charge in [-0.15, -0.1) is 5.10 Å². The van der Waals surface area contributed by atoms with Crippen molar-refractivity contribution < 1.29 is 18.0 Å². The summed E-state index contributed by atoms with van der Waals surface area (Å²) in [6.07, 6.45) is -4.73. The van der Waals surface area contributed by atoms with Gasteiger partial charge in [-0.25, -0.2) is 4.68 Å². The number of nitrogens with zero attached hydrogens (tertiary/aromatic N) is 3. The van der Waals surface area contributed by atoms with Crippen molar-refractivity contribution in [3.8, 4) is 5.69 Å². The molecule has 2 aromatic carbocycles. The van der Waals surface area contributed by atoms with Gasteiger partial charge < -0.3 is 10.2 Å². The molecule has 0 saturated heterocycles. The van der Waals surface area contributed by atoms with Gasteiger partial charge in [-0.05, 0) is 24.3 Å². The maximum Gasteiger partial charge on any atom is 0.435 e. The molecule has 0 atom stereocenters. The van der Waals surface area contributed by atoms with Gasteiger partial charge in [0.1, 0.15) is 5.69 Å². The van der Waals surface area contributed by atoms with Gasteiger partial charge in [0.25, 0.3) is 5.91 Å². The lowest BCUT2D eigenvalue weighted by molar-refractivity contribution is -0.142. The number of amides is 1. The third-order valence-electron chi connectivity index (χ3n) is 3.83. The summed E-state index contributed by atoms with van der Waals surface area (Å²) < 4.78 is 42.5. The molecule has 1 aromatic heterocycles. The van der Waals surface area contributed by atoms with Crippen LogP contribution in [-0.4, -0.2) is 29.8 Å². The van der Waals surface area contributed by atoms with E-state index in [1.807, 2.05) is 0 Å². The van der Waals surface area contributed by atoms with Crippen molar-refractivity contribution in [3.05, 3.63) is 71.9 Å². The predicted molar refractivity (Wildman–Crippen MR) is 97.3 cm³/mol. The molecule has 0 bridgehead atoms. The minimum Gasteiger partial charge on any atom is -0.360 e. The van der Waals surface area contributed by atoms with E-state index in [1.165, 1.54) is 29.2 Å². The Bertz CT molecular complexity index is 935.